The summed E-state index contributed by atoms with van der Waals surface area (Å²) in [5.74, 6) is 1.39. The summed E-state index contributed by atoms with van der Waals surface area (Å²) >= 11 is 0. The Morgan fingerprint density at radius 1 is 1.00 bits per heavy atom. The average molecular weight is 342 g/mol. The van der Waals surface area contributed by atoms with Gasteiger partial charge in [-0.25, -0.2) is 0 Å². The molecule has 3 unspecified atom stereocenters. The van der Waals surface area contributed by atoms with Crippen LogP contribution in [0.3, 0.4) is 0 Å². The SMILES string of the molecule is C1=CC2(CCc3c[nH]c4ccccc34)NCC1CC2Cc1ccccc1. The van der Waals surface area contributed by atoms with E-state index >= 15 is 0 Å². The van der Waals surface area contributed by atoms with Gasteiger partial charge >= 0.3 is 0 Å². The van der Waals surface area contributed by atoms with Crippen LogP contribution in [0.2, 0.25) is 0 Å². The molecule has 2 N–H and O–H groups in total. The first-order valence-corrected chi connectivity index (χ1v) is 9.86. The van der Waals surface area contributed by atoms with Crippen molar-refractivity contribution < 1.29 is 0 Å². The highest BCUT2D eigenvalue weighted by molar-refractivity contribution is 5.83. The van der Waals surface area contributed by atoms with E-state index in [9.17, 15) is 0 Å². The van der Waals surface area contributed by atoms with E-state index < -0.39 is 0 Å². The van der Waals surface area contributed by atoms with Crippen molar-refractivity contribution in [3.8, 4) is 0 Å². The largest absolute Gasteiger partial charge is 0.361 e. The Labute approximate surface area is 155 Å². The number of hydrogen-bond donors (Lipinski definition) is 2. The van der Waals surface area contributed by atoms with Gasteiger partial charge in [0.05, 0.1) is 0 Å². The average Bonchev–Trinajstić information content (AvgIpc) is 3.12. The van der Waals surface area contributed by atoms with Gasteiger partial charge < -0.3 is 10.3 Å². The summed E-state index contributed by atoms with van der Waals surface area (Å²) in [4.78, 5) is 3.43. The van der Waals surface area contributed by atoms with Crippen molar-refractivity contribution in [2.24, 2.45) is 11.8 Å². The number of aryl methyl sites for hydroxylation is 1. The van der Waals surface area contributed by atoms with E-state index in [4.69, 9.17) is 0 Å². The molecule has 2 aliphatic heterocycles. The maximum atomic E-state index is 3.92. The monoisotopic (exact) mass is 342 g/mol. The maximum Gasteiger partial charge on any atom is 0.0456 e. The Bertz CT molecular complexity index is 924. The van der Waals surface area contributed by atoms with Crippen LogP contribution in [0.4, 0.5) is 0 Å². The smallest absolute Gasteiger partial charge is 0.0456 e. The molecule has 2 nitrogen and oxygen atoms in total. The molecule has 2 aromatic carbocycles. The topological polar surface area (TPSA) is 27.8 Å². The van der Waals surface area contributed by atoms with E-state index in [1.54, 1.807) is 0 Å². The summed E-state index contributed by atoms with van der Waals surface area (Å²) in [6, 6.07) is 19.6. The molecule has 132 valence electrons. The lowest BCUT2D eigenvalue weighted by Crippen LogP contribution is -2.59. The van der Waals surface area contributed by atoms with Crippen molar-refractivity contribution in [2.75, 3.05) is 6.54 Å². The number of para-hydroxylation sites is 1. The van der Waals surface area contributed by atoms with E-state index in [0.29, 0.717) is 11.8 Å². The Kier molecular flexibility index (Phi) is 3.94. The van der Waals surface area contributed by atoms with Crippen molar-refractivity contribution in [1.29, 1.82) is 0 Å². The third-order valence-electron chi connectivity index (χ3n) is 6.48. The molecule has 1 saturated heterocycles. The van der Waals surface area contributed by atoms with E-state index in [1.807, 2.05) is 0 Å². The van der Waals surface area contributed by atoms with Gasteiger partial charge in [0.2, 0.25) is 0 Å². The normalized spacial score (nSPS) is 27.2. The second-order valence-corrected chi connectivity index (χ2v) is 8.02. The minimum absolute atomic E-state index is 0.142. The summed E-state index contributed by atoms with van der Waals surface area (Å²) in [7, 11) is 0. The van der Waals surface area contributed by atoms with Crippen LogP contribution in [-0.2, 0) is 12.8 Å². The van der Waals surface area contributed by atoms with Gasteiger partial charge in [0.25, 0.3) is 0 Å². The van der Waals surface area contributed by atoms with Crippen LogP contribution in [0, 0.1) is 11.8 Å². The van der Waals surface area contributed by atoms with Crippen molar-refractivity contribution in [3.63, 3.8) is 0 Å². The summed E-state index contributed by atoms with van der Waals surface area (Å²) in [6.07, 6.45) is 11.9. The van der Waals surface area contributed by atoms with Crippen molar-refractivity contribution in [1.82, 2.24) is 10.3 Å². The van der Waals surface area contributed by atoms with E-state index in [0.717, 1.165) is 19.4 Å². The molecular weight excluding hydrogens is 316 g/mol. The van der Waals surface area contributed by atoms with Crippen LogP contribution >= 0.6 is 0 Å². The predicted octanol–water partition coefficient (Wildman–Crippen LogP) is 4.88. The van der Waals surface area contributed by atoms with Gasteiger partial charge in [0, 0.05) is 29.2 Å². The van der Waals surface area contributed by atoms with E-state index in [2.05, 4.69) is 83.2 Å². The van der Waals surface area contributed by atoms with Crippen molar-refractivity contribution in [2.45, 2.75) is 31.2 Å². The minimum atomic E-state index is 0.142. The van der Waals surface area contributed by atoms with Crippen LogP contribution in [0.5, 0.6) is 0 Å². The minimum Gasteiger partial charge on any atom is -0.361 e. The van der Waals surface area contributed by atoms with Gasteiger partial charge in [0.1, 0.15) is 0 Å². The zero-order valence-corrected chi connectivity index (χ0v) is 15.1. The second-order valence-electron chi connectivity index (χ2n) is 8.02. The highest BCUT2D eigenvalue weighted by atomic mass is 15.0. The second kappa shape index (κ2) is 6.44. The summed E-state index contributed by atoms with van der Waals surface area (Å²) in [5.41, 5.74) is 4.29. The van der Waals surface area contributed by atoms with Crippen LogP contribution < -0.4 is 5.32 Å². The third-order valence-corrected chi connectivity index (χ3v) is 6.48. The molecule has 0 saturated carbocycles. The summed E-state index contributed by atoms with van der Waals surface area (Å²) in [6.45, 7) is 1.13. The molecule has 2 bridgehead atoms. The molecule has 0 spiro atoms. The van der Waals surface area contributed by atoms with Gasteiger partial charge in [-0.2, -0.15) is 0 Å². The van der Waals surface area contributed by atoms with Gasteiger partial charge in [-0.15, -0.1) is 0 Å². The maximum absolute atomic E-state index is 3.92. The highest BCUT2D eigenvalue weighted by Crippen LogP contribution is 2.41. The van der Waals surface area contributed by atoms with Crippen LogP contribution in [-0.4, -0.2) is 17.1 Å². The molecule has 1 aliphatic carbocycles. The Morgan fingerprint density at radius 3 is 2.69 bits per heavy atom. The van der Waals surface area contributed by atoms with Crippen LogP contribution in [0.15, 0.2) is 72.9 Å². The fraction of sp³-hybridized carbons (Fsp3) is 0.333. The molecule has 3 aliphatic rings. The number of aromatic amines is 1. The fourth-order valence-electron chi connectivity index (χ4n) is 4.99. The molecule has 6 rings (SSSR count). The number of hydrogen-bond acceptors (Lipinski definition) is 1. The Balaban J connectivity index is 1.39. The molecule has 0 amide bonds. The van der Waals surface area contributed by atoms with Crippen LogP contribution in [0.25, 0.3) is 10.9 Å². The number of piperidine rings is 1. The quantitative estimate of drug-likeness (QED) is 0.636. The summed E-state index contributed by atoms with van der Waals surface area (Å²) < 4.78 is 0. The molecule has 3 aromatic rings. The number of aromatic nitrogens is 1. The zero-order chi connectivity index (χ0) is 17.4. The number of H-pyrrole nitrogens is 1. The molecule has 3 heterocycles. The first kappa shape index (κ1) is 15.9. The fourth-order valence-corrected chi connectivity index (χ4v) is 4.99. The van der Waals surface area contributed by atoms with Gasteiger partial charge in [-0.1, -0.05) is 60.7 Å². The predicted molar refractivity (Wildman–Crippen MR) is 108 cm³/mol. The van der Waals surface area contributed by atoms with E-state index in [-0.39, 0.29) is 5.54 Å². The number of nitrogens with one attached hydrogen (secondary N) is 2. The van der Waals surface area contributed by atoms with Crippen LogP contribution in [0.1, 0.15) is 24.0 Å². The number of benzene rings is 2. The lowest BCUT2D eigenvalue weighted by molar-refractivity contribution is 0.148. The summed E-state index contributed by atoms with van der Waals surface area (Å²) in [5, 5.41) is 5.29. The third kappa shape index (κ3) is 2.79. The highest BCUT2D eigenvalue weighted by Gasteiger charge is 2.43. The number of rotatable bonds is 5. The molecule has 3 atom stereocenters. The lowest BCUT2D eigenvalue weighted by Gasteiger charge is -2.49. The van der Waals surface area contributed by atoms with E-state index in [1.165, 1.54) is 34.9 Å². The number of fused-ring (bicyclic) bond motifs is 3. The molecular formula is C24H26N2. The van der Waals surface area contributed by atoms with Gasteiger partial charge in [-0.3, -0.25) is 0 Å². The molecule has 0 radical (unpaired) electrons. The molecule has 1 fully saturated rings. The molecule has 26 heavy (non-hydrogen) atoms. The molecule has 1 aromatic heterocycles. The Hall–Kier alpha value is -2.32. The van der Waals surface area contributed by atoms with Gasteiger partial charge in [0.15, 0.2) is 0 Å². The lowest BCUT2D eigenvalue weighted by atomic mass is 9.65. The standard InChI is InChI=1S/C24H26N2/c1-2-6-18(7-3-1)14-21-15-19-10-12-24(21,26-16-19)13-11-20-17-25-23-9-5-4-8-22(20)23/h1-10,12,17,19,21,25-26H,11,13-16H2. The van der Waals surface area contributed by atoms with Crippen molar-refractivity contribution in [3.05, 3.63) is 84.1 Å². The first-order chi connectivity index (χ1) is 12.8. The zero-order valence-electron chi connectivity index (χ0n) is 15.1. The van der Waals surface area contributed by atoms with Crippen molar-refractivity contribution >= 4 is 10.9 Å². The molecule has 2 heteroatoms. The first-order valence-electron chi connectivity index (χ1n) is 9.86. The Morgan fingerprint density at radius 2 is 1.85 bits per heavy atom. The van der Waals surface area contributed by atoms with Gasteiger partial charge in [-0.05, 0) is 54.7 Å².